The lowest BCUT2D eigenvalue weighted by Crippen LogP contribution is -2.13. The lowest BCUT2D eigenvalue weighted by Gasteiger charge is -2.03. The highest BCUT2D eigenvalue weighted by molar-refractivity contribution is 7.16. The summed E-state index contributed by atoms with van der Waals surface area (Å²) in [5, 5.41) is 3.55. The lowest BCUT2D eigenvalue weighted by molar-refractivity contribution is -0.116. The zero-order valence-corrected chi connectivity index (χ0v) is 14.9. The van der Waals surface area contributed by atoms with E-state index in [-0.39, 0.29) is 18.3 Å². The van der Waals surface area contributed by atoms with Gasteiger partial charge in [-0.1, -0.05) is 12.1 Å². The monoisotopic (exact) mass is 351 g/mol. The quantitative estimate of drug-likeness (QED) is 0.862. The first-order valence-corrected chi connectivity index (χ1v) is 8.58. The zero-order chi connectivity index (χ0) is 15.5. The maximum Gasteiger partial charge on any atom is 0.226 e. The Hall–Kier alpha value is -1.43. The molecular formula is C17H22ClN3OS. The van der Waals surface area contributed by atoms with Crippen LogP contribution >= 0.6 is 23.7 Å². The maximum absolute atomic E-state index is 11.8. The van der Waals surface area contributed by atoms with Crippen molar-refractivity contribution in [3.05, 3.63) is 34.2 Å². The molecule has 1 amide bonds. The van der Waals surface area contributed by atoms with Crippen molar-refractivity contribution in [2.24, 2.45) is 5.73 Å². The van der Waals surface area contributed by atoms with Crippen molar-refractivity contribution in [3.8, 4) is 11.3 Å². The Kier molecular flexibility index (Phi) is 6.16. The Balaban J connectivity index is 0.00000192. The smallest absolute Gasteiger partial charge is 0.226 e. The van der Waals surface area contributed by atoms with Crippen LogP contribution in [-0.4, -0.2) is 17.4 Å². The highest BCUT2D eigenvalue weighted by atomic mass is 35.5. The molecule has 0 radical (unpaired) electrons. The van der Waals surface area contributed by atoms with Gasteiger partial charge in [0.05, 0.1) is 5.69 Å². The van der Waals surface area contributed by atoms with Crippen LogP contribution in [0, 0.1) is 6.92 Å². The minimum atomic E-state index is -0.0142. The Morgan fingerprint density at radius 3 is 2.91 bits per heavy atom. The van der Waals surface area contributed by atoms with Crippen molar-refractivity contribution in [2.75, 3.05) is 11.9 Å². The molecule has 0 atom stereocenters. The summed E-state index contributed by atoms with van der Waals surface area (Å²) in [4.78, 5) is 17.5. The van der Waals surface area contributed by atoms with E-state index >= 15 is 0 Å². The molecule has 1 aliphatic carbocycles. The fraction of sp³-hybridized carbons (Fsp3) is 0.412. The second-order valence-electron chi connectivity index (χ2n) is 5.70. The number of hydrogen-bond donors (Lipinski definition) is 2. The van der Waals surface area contributed by atoms with E-state index < -0.39 is 0 Å². The first-order valence-electron chi connectivity index (χ1n) is 7.77. The molecule has 1 aromatic carbocycles. The first-order chi connectivity index (χ1) is 10.7. The van der Waals surface area contributed by atoms with E-state index in [0.29, 0.717) is 24.5 Å². The molecule has 6 heteroatoms. The second kappa shape index (κ2) is 7.90. The number of nitrogens with one attached hydrogen (secondary N) is 1. The van der Waals surface area contributed by atoms with Crippen molar-refractivity contribution >= 4 is 34.8 Å². The number of nitrogens with two attached hydrogens (primary N) is 1. The molecule has 0 saturated carbocycles. The van der Waals surface area contributed by atoms with Crippen LogP contribution in [0.5, 0.6) is 0 Å². The highest BCUT2D eigenvalue weighted by Gasteiger charge is 2.15. The Morgan fingerprint density at radius 2 is 2.13 bits per heavy atom. The molecule has 1 aliphatic rings. The Morgan fingerprint density at radius 1 is 1.35 bits per heavy atom. The van der Waals surface area contributed by atoms with Crippen LogP contribution in [0.25, 0.3) is 11.3 Å². The van der Waals surface area contributed by atoms with Crippen molar-refractivity contribution in [2.45, 2.75) is 39.0 Å². The predicted octanol–water partition coefficient (Wildman–Crippen LogP) is 3.71. The van der Waals surface area contributed by atoms with Crippen LogP contribution < -0.4 is 11.1 Å². The molecule has 1 aromatic heterocycles. The zero-order valence-electron chi connectivity index (χ0n) is 13.2. The number of aryl methyl sites for hydroxylation is 3. The number of carbonyl (C=O) groups is 1. The predicted molar refractivity (Wildman–Crippen MR) is 98.5 cm³/mol. The molecule has 23 heavy (non-hydrogen) atoms. The fourth-order valence-electron chi connectivity index (χ4n) is 2.88. The van der Waals surface area contributed by atoms with E-state index in [1.807, 2.05) is 0 Å². The largest absolute Gasteiger partial charge is 0.330 e. The van der Waals surface area contributed by atoms with Gasteiger partial charge in [-0.15, -0.1) is 23.7 Å². The number of rotatable bonds is 5. The molecule has 0 fully saturated rings. The van der Waals surface area contributed by atoms with Gasteiger partial charge in [0.2, 0.25) is 5.91 Å². The maximum atomic E-state index is 11.8. The van der Waals surface area contributed by atoms with Crippen molar-refractivity contribution in [1.82, 2.24) is 4.98 Å². The molecule has 2 aromatic rings. The molecule has 0 aliphatic heterocycles. The normalized spacial score (nSPS) is 12.6. The molecule has 4 nitrogen and oxygen atoms in total. The van der Waals surface area contributed by atoms with E-state index in [1.54, 1.807) is 0 Å². The van der Waals surface area contributed by atoms with Crippen LogP contribution in [0.4, 0.5) is 5.13 Å². The minimum Gasteiger partial charge on any atom is -0.330 e. The van der Waals surface area contributed by atoms with Gasteiger partial charge in [0.1, 0.15) is 0 Å². The summed E-state index contributed by atoms with van der Waals surface area (Å²) in [5.74, 6) is -0.0142. The summed E-state index contributed by atoms with van der Waals surface area (Å²) >= 11 is 1.53. The molecule has 0 unspecified atom stereocenters. The van der Waals surface area contributed by atoms with Crippen LogP contribution in [0.15, 0.2) is 18.2 Å². The van der Waals surface area contributed by atoms with Crippen LogP contribution in [0.2, 0.25) is 0 Å². The average molecular weight is 352 g/mol. The first kappa shape index (κ1) is 17.9. The number of anilines is 1. The van der Waals surface area contributed by atoms with Gasteiger partial charge in [-0.2, -0.15) is 0 Å². The number of aromatic nitrogens is 1. The van der Waals surface area contributed by atoms with Crippen molar-refractivity contribution in [1.29, 1.82) is 0 Å². The van der Waals surface area contributed by atoms with Crippen LogP contribution in [-0.2, 0) is 17.6 Å². The van der Waals surface area contributed by atoms with E-state index in [1.165, 1.54) is 35.3 Å². The number of hydrogen-bond acceptors (Lipinski definition) is 4. The number of thiazole rings is 1. The molecular weight excluding hydrogens is 330 g/mol. The van der Waals surface area contributed by atoms with Gasteiger partial charge in [-0.3, -0.25) is 4.79 Å². The Labute approximate surface area is 146 Å². The third kappa shape index (κ3) is 4.10. The minimum absolute atomic E-state index is 0. The molecule has 0 bridgehead atoms. The summed E-state index contributed by atoms with van der Waals surface area (Å²) in [7, 11) is 0. The van der Waals surface area contributed by atoms with E-state index in [4.69, 9.17) is 5.73 Å². The summed E-state index contributed by atoms with van der Waals surface area (Å²) < 4.78 is 0. The van der Waals surface area contributed by atoms with E-state index in [0.717, 1.165) is 22.6 Å². The topological polar surface area (TPSA) is 68.0 Å². The number of amides is 1. The van der Waals surface area contributed by atoms with Gasteiger partial charge in [0.25, 0.3) is 0 Å². The van der Waals surface area contributed by atoms with Crippen molar-refractivity contribution in [3.63, 3.8) is 0 Å². The fourth-order valence-corrected chi connectivity index (χ4v) is 3.73. The van der Waals surface area contributed by atoms with Gasteiger partial charge in [0.15, 0.2) is 5.13 Å². The number of nitrogens with zero attached hydrogens (tertiary/aromatic N) is 1. The lowest BCUT2D eigenvalue weighted by atomic mass is 10.0. The highest BCUT2D eigenvalue weighted by Crippen LogP contribution is 2.33. The molecule has 3 rings (SSSR count). The van der Waals surface area contributed by atoms with Crippen molar-refractivity contribution < 1.29 is 4.79 Å². The molecule has 3 N–H and O–H groups in total. The van der Waals surface area contributed by atoms with Gasteiger partial charge in [-0.05, 0) is 56.3 Å². The summed E-state index contributed by atoms with van der Waals surface area (Å²) in [6, 6.07) is 6.62. The number of carbonyl (C=O) groups excluding carboxylic acids is 1. The van der Waals surface area contributed by atoms with Gasteiger partial charge < -0.3 is 11.1 Å². The van der Waals surface area contributed by atoms with E-state index in [9.17, 15) is 4.79 Å². The van der Waals surface area contributed by atoms with Crippen LogP contribution in [0.1, 0.15) is 35.3 Å². The second-order valence-corrected chi connectivity index (χ2v) is 6.90. The third-order valence-electron chi connectivity index (χ3n) is 4.02. The summed E-state index contributed by atoms with van der Waals surface area (Å²) in [6.45, 7) is 2.58. The summed E-state index contributed by atoms with van der Waals surface area (Å²) in [6.07, 6.45) is 4.75. The third-order valence-corrected chi connectivity index (χ3v) is 4.91. The van der Waals surface area contributed by atoms with Gasteiger partial charge in [-0.25, -0.2) is 4.98 Å². The van der Waals surface area contributed by atoms with Crippen LogP contribution in [0.3, 0.4) is 0 Å². The van der Waals surface area contributed by atoms with E-state index in [2.05, 4.69) is 35.4 Å². The molecule has 0 saturated heterocycles. The SMILES string of the molecule is Cc1sc(NC(=O)CCCN)nc1-c1ccc2c(c1)CCC2.Cl. The molecule has 124 valence electrons. The number of benzene rings is 1. The molecule has 1 heterocycles. The molecule has 0 spiro atoms. The Bertz CT molecular complexity index is 699. The number of fused-ring (bicyclic) bond motifs is 1. The average Bonchev–Trinajstić information content (AvgIpc) is 3.10. The number of halogens is 1. The summed E-state index contributed by atoms with van der Waals surface area (Å²) in [5.41, 5.74) is 10.5. The van der Waals surface area contributed by atoms with Gasteiger partial charge >= 0.3 is 0 Å². The van der Waals surface area contributed by atoms with Gasteiger partial charge in [0, 0.05) is 16.9 Å². The standard InChI is InChI=1S/C17H21N3OS.ClH/c1-11-16(14-8-7-12-4-2-5-13(12)10-14)20-17(22-11)19-15(21)6-3-9-18;/h7-8,10H,2-6,9,18H2,1H3,(H,19,20,21);1H.